The summed E-state index contributed by atoms with van der Waals surface area (Å²) in [6.45, 7) is 12.0. The molecular weight excluding hydrogens is 482 g/mol. The first-order valence-electron chi connectivity index (χ1n) is 11.8. The molecule has 2 aliphatic rings. The molecule has 0 radical (unpaired) electrons. The summed E-state index contributed by atoms with van der Waals surface area (Å²) in [5.74, 6) is -0.169. The number of nitrogens with zero attached hydrogens (tertiary/aromatic N) is 3. The fourth-order valence-electron chi connectivity index (χ4n) is 5.05. The van der Waals surface area contributed by atoms with Crippen LogP contribution in [-0.4, -0.2) is 59.0 Å². The van der Waals surface area contributed by atoms with Crippen molar-refractivity contribution in [2.75, 3.05) is 26.7 Å². The van der Waals surface area contributed by atoms with E-state index in [0.717, 1.165) is 36.2 Å². The normalized spacial score (nSPS) is 20.4. The SMILES string of the molecule is CCN(CC)C(=O)[C@@H]1C=C2c3cccc4c3c(c(Br)n4COC(=O)C(C)(C)C)C[C@H]2N(C)C1. The number of likely N-dealkylation sites (N-methyl/N-ethyl adjacent to an activating group) is 1. The third-order valence-electron chi connectivity index (χ3n) is 6.92. The number of benzene rings is 1. The van der Waals surface area contributed by atoms with E-state index in [4.69, 9.17) is 4.74 Å². The van der Waals surface area contributed by atoms with Gasteiger partial charge in [0, 0.05) is 31.1 Å². The Morgan fingerprint density at radius 1 is 1.21 bits per heavy atom. The first kappa shape index (κ1) is 24.0. The molecule has 0 spiro atoms. The van der Waals surface area contributed by atoms with Crippen LogP contribution in [0.4, 0.5) is 0 Å². The predicted octanol–water partition coefficient (Wildman–Crippen LogP) is 4.69. The van der Waals surface area contributed by atoms with Crippen molar-refractivity contribution in [1.82, 2.24) is 14.4 Å². The number of aromatic nitrogens is 1. The lowest BCUT2D eigenvalue weighted by Crippen LogP contribution is -2.47. The van der Waals surface area contributed by atoms with Crippen molar-refractivity contribution in [3.63, 3.8) is 0 Å². The van der Waals surface area contributed by atoms with E-state index < -0.39 is 5.41 Å². The van der Waals surface area contributed by atoms with E-state index in [2.05, 4.69) is 52.2 Å². The summed E-state index contributed by atoms with van der Waals surface area (Å²) in [6, 6.07) is 6.49. The molecule has 0 unspecified atom stereocenters. The van der Waals surface area contributed by atoms with Crippen LogP contribution >= 0.6 is 15.9 Å². The molecular formula is C26H34BrN3O3. The number of ether oxygens (including phenoxy) is 1. The highest BCUT2D eigenvalue weighted by Gasteiger charge is 2.38. The minimum absolute atomic E-state index is 0.142. The Hall–Kier alpha value is -2.12. The minimum Gasteiger partial charge on any atom is -0.443 e. The van der Waals surface area contributed by atoms with E-state index >= 15 is 0 Å². The van der Waals surface area contributed by atoms with Gasteiger partial charge < -0.3 is 14.2 Å². The van der Waals surface area contributed by atoms with Crippen LogP contribution in [0.5, 0.6) is 0 Å². The van der Waals surface area contributed by atoms with Crippen molar-refractivity contribution in [2.45, 2.75) is 53.8 Å². The number of amides is 1. The first-order chi connectivity index (χ1) is 15.6. The highest BCUT2D eigenvalue weighted by atomic mass is 79.9. The van der Waals surface area contributed by atoms with Gasteiger partial charge >= 0.3 is 5.97 Å². The topological polar surface area (TPSA) is 54.8 Å². The zero-order valence-electron chi connectivity index (χ0n) is 20.4. The Labute approximate surface area is 204 Å². The molecule has 33 heavy (non-hydrogen) atoms. The fourth-order valence-corrected chi connectivity index (χ4v) is 5.70. The summed E-state index contributed by atoms with van der Waals surface area (Å²) >= 11 is 3.81. The maximum Gasteiger partial charge on any atom is 0.312 e. The quantitative estimate of drug-likeness (QED) is 0.542. The summed E-state index contributed by atoms with van der Waals surface area (Å²) in [4.78, 5) is 29.8. The third kappa shape index (κ3) is 4.14. The number of esters is 1. The van der Waals surface area contributed by atoms with Crippen LogP contribution in [0.3, 0.4) is 0 Å². The van der Waals surface area contributed by atoms with Gasteiger partial charge in [0.05, 0.1) is 21.5 Å². The van der Waals surface area contributed by atoms with Crippen molar-refractivity contribution in [3.05, 3.63) is 40.0 Å². The molecule has 0 bridgehead atoms. The largest absolute Gasteiger partial charge is 0.443 e. The molecule has 4 rings (SSSR count). The van der Waals surface area contributed by atoms with Crippen LogP contribution in [0.2, 0.25) is 0 Å². The van der Waals surface area contributed by atoms with Gasteiger partial charge in [0.15, 0.2) is 6.73 Å². The van der Waals surface area contributed by atoms with Gasteiger partial charge in [0.25, 0.3) is 0 Å². The van der Waals surface area contributed by atoms with E-state index in [0.29, 0.717) is 0 Å². The Balaban J connectivity index is 1.76. The second-order valence-electron chi connectivity index (χ2n) is 10.1. The van der Waals surface area contributed by atoms with Crippen molar-refractivity contribution >= 4 is 44.3 Å². The average molecular weight is 516 g/mol. The number of hydrogen-bond donors (Lipinski definition) is 0. The smallest absolute Gasteiger partial charge is 0.312 e. The van der Waals surface area contributed by atoms with E-state index in [-0.39, 0.29) is 30.6 Å². The van der Waals surface area contributed by atoms with Crippen LogP contribution in [0.25, 0.3) is 16.5 Å². The molecule has 1 aliphatic heterocycles. The highest BCUT2D eigenvalue weighted by molar-refractivity contribution is 9.10. The molecule has 0 N–H and O–H groups in total. The van der Waals surface area contributed by atoms with Crippen molar-refractivity contribution in [3.8, 4) is 0 Å². The molecule has 1 aromatic heterocycles. The number of fused-ring (bicyclic) bond motifs is 2. The molecule has 7 heteroatoms. The van der Waals surface area contributed by atoms with Crippen molar-refractivity contribution < 1.29 is 14.3 Å². The second-order valence-corrected chi connectivity index (χ2v) is 10.9. The van der Waals surface area contributed by atoms with Gasteiger partial charge in [-0.2, -0.15) is 0 Å². The Bertz CT molecular complexity index is 1120. The number of rotatable bonds is 5. The molecule has 6 nitrogen and oxygen atoms in total. The van der Waals surface area contributed by atoms with E-state index in [9.17, 15) is 9.59 Å². The summed E-state index contributed by atoms with van der Waals surface area (Å²) < 4.78 is 8.65. The Morgan fingerprint density at radius 3 is 2.55 bits per heavy atom. The van der Waals surface area contributed by atoms with Gasteiger partial charge in [-0.1, -0.05) is 18.2 Å². The zero-order valence-corrected chi connectivity index (χ0v) is 22.0. The van der Waals surface area contributed by atoms with Gasteiger partial charge in [-0.25, -0.2) is 0 Å². The van der Waals surface area contributed by atoms with Crippen LogP contribution < -0.4 is 0 Å². The van der Waals surface area contributed by atoms with Gasteiger partial charge in [0.2, 0.25) is 5.91 Å². The van der Waals surface area contributed by atoms with Gasteiger partial charge in [-0.3, -0.25) is 14.5 Å². The van der Waals surface area contributed by atoms with Crippen LogP contribution in [-0.2, 0) is 27.5 Å². The number of hydrogen-bond acceptors (Lipinski definition) is 4. The molecule has 1 aliphatic carbocycles. The lowest BCUT2D eigenvalue weighted by atomic mass is 9.79. The first-order valence-corrected chi connectivity index (χ1v) is 12.6. The molecule has 0 saturated heterocycles. The number of carbonyl (C=O) groups excluding carboxylic acids is 2. The zero-order chi connectivity index (χ0) is 24.1. The summed E-state index contributed by atoms with van der Waals surface area (Å²) in [5, 5.41) is 1.18. The molecule has 1 amide bonds. The number of halogens is 1. The highest BCUT2D eigenvalue weighted by Crippen LogP contribution is 2.45. The van der Waals surface area contributed by atoms with Crippen LogP contribution in [0.15, 0.2) is 28.9 Å². The Morgan fingerprint density at radius 2 is 1.91 bits per heavy atom. The lowest BCUT2D eigenvalue weighted by molar-refractivity contribution is -0.156. The maximum atomic E-state index is 13.2. The maximum absolute atomic E-state index is 13.2. The van der Waals surface area contributed by atoms with Crippen molar-refractivity contribution in [2.24, 2.45) is 11.3 Å². The van der Waals surface area contributed by atoms with Gasteiger partial charge in [0.1, 0.15) is 0 Å². The molecule has 1 aromatic carbocycles. The summed E-state index contributed by atoms with van der Waals surface area (Å²) in [5.41, 5.74) is 4.12. The summed E-state index contributed by atoms with van der Waals surface area (Å²) in [7, 11) is 2.11. The predicted molar refractivity (Wildman–Crippen MR) is 135 cm³/mol. The molecule has 2 aromatic rings. The summed E-state index contributed by atoms with van der Waals surface area (Å²) in [6.07, 6.45) is 3.05. The Kier molecular flexibility index (Phi) is 6.49. The van der Waals surface area contributed by atoms with Gasteiger partial charge in [-0.05, 0) is 86.8 Å². The monoisotopic (exact) mass is 515 g/mol. The lowest BCUT2D eigenvalue weighted by Gasteiger charge is -2.40. The average Bonchev–Trinajstić information content (AvgIpc) is 3.04. The van der Waals surface area contributed by atoms with E-state index in [1.165, 1.54) is 22.1 Å². The van der Waals surface area contributed by atoms with Gasteiger partial charge in [-0.15, -0.1) is 0 Å². The third-order valence-corrected chi connectivity index (χ3v) is 7.82. The van der Waals surface area contributed by atoms with Crippen LogP contribution in [0, 0.1) is 11.3 Å². The molecule has 2 atom stereocenters. The van der Waals surface area contributed by atoms with Crippen LogP contribution in [0.1, 0.15) is 45.7 Å². The molecule has 2 heterocycles. The minimum atomic E-state index is -0.549. The fraction of sp³-hybridized carbons (Fsp3) is 0.538. The second kappa shape index (κ2) is 8.91. The standard InChI is InChI=1S/C26H34BrN3O3/c1-7-29(8-2)24(31)16-12-18-17-10-9-11-20-22(17)19(13-21(18)28(6)14-16)23(27)30(20)15-33-25(32)26(3,4)5/h9-12,16,21H,7-8,13-15H2,1-6H3/t16-,21-/m1/s1. The molecule has 0 fully saturated rings. The molecule has 0 saturated carbocycles. The molecule has 178 valence electrons. The van der Waals surface area contributed by atoms with E-state index in [1.54, 1.807) is 0 Å². The number of carbonyl (C=O) groups is 2. The van der Waals surface area contributed by atoms with E-state index in [1.807, 2.05) is 44.1 Å². The van der Waals surface area contributed by atoms with Crippen molar-refractivity contribution in [1.29, 1.82) is 0 Å².